The molecular weight excluding hydrogens is 208 g/mol. The summed E-state index contributed by atoms with van der Waals surface area (Å²) in [6.07, 6.45) is 3.52. The Hall–Kier alpha value is -1.26. The summed E-state index contributed by atoms with van der Waals surface area (Å²) in [6.45, 7) is 4.30. The molecule has 5 heteroatoms. The van der Waals surface area contributed by atoms with Gasteiger partial charge in [-0.05, 0) is 31.6 Å². The van der Waals surface area contributed by atoms with Crippen LogP contribution in [0.25, 0.3) is 0 Å². The number of carboxylic acids is 1. The Kier molecular flexibility index (Phi) is 4.58. The number of hydrogen-bond donors (Lipinski definition) is 3. The molecule has 0 radical (unpaired) electrons. The fraction of sp³-hybridized carbons (Fsp3) is 0.818. The van der Waals surface area contributed by atoms with Crippen molar-refractivity contribution in [3.05, 3.63) is 0 Å². The number of nitrogens with one attached hydrogen (secondary N) is 2. The van der Waals surface area contributed by atoms with E-state index in [-0.39, 0.29) is 0 Å². The van der Waals surface area contributed by atoms with Crippen molar-refractivity contribution in [3.8, 4) is 0 Å². The Labute approximate surface area is 95.6 Å². The lowest BCUT2D eigenvalue weighted by atomic mass is 10.1. The van der Waals surface area contributed by atoms with Gasteiger partial charge in [0.2, 0.25) is 0 Å². The lowest BCUT2D eigenvalue weighted by Crippen LogP contribution is -2.45. The minimum Gasteiger partial charge on any atom is -0.480 e. The van der Waals surface area contributed by atoms with Crippen molar-refractivity contribution in [2.75, 3.05) is 6.54 Å². The summed E-state index contributed by atoms with van der Waals surface area (Å²) in [5, 5.41) is 13.7. The average molecular weight is 228 g/mol. The van der Waals surface area contributed by atoms with Crippen LogP contribution in [-0.4, -0.2) is 29.7 Å². The molecule has 2 amide bonds. The maximum Gasteiger partial charge on any atom is 0.325 e. The smallest absolute Gasteiger partial charge is 0.325 e. The van der Waals surface area contributed by atoms with Crippen LogP contribution in [-0.2, 0) is 4.79 Å². The van der Waals surface area contributed by atoms with Gasteiger partial charge in [-0.15, -0.1) is 0 Å². The molecule has 0 spiro atoms. The highest BCUT2D eigenvalue weighted by atomic mass is 16.4. The monoisotopic (exact) mass is 228 g/mol. The second kappa shape index (κ2) is 5.72. The SMILES string of the molecule is CC1CCC(CNC(=O)N[C@@H](C)C(=O)O)C1. The minimum atomic E-state index is -1.02. The molecule has 0 aromatic carbocycles. The van der Waals surface area contributed by atoms with Crippen LogP contribution in [0, 0.1) is 11.8 Å². The zero-order valence-electron chi connectivity index (χ0n) is 9.82. The van der Waals surface area contributed by atoms with Gasteiger partial charge in [-0.25, -0.2) is 4.79 Å². The molecule has 0 aromatic heterocycles. The molecule has 0 aliphatic heterocycles. The summed E-state index contributed by atoms with van der Waals surface area (Å²) in [4.78, 5) is 21.8. The van der Waals surface area contributed by atoms with E-state index < -0.39 is 18.0 Å². The van der Waals surface area contributed by atoms with E-state index in [1.165, 1.54) is 13.3 Å². The van der Waals surface area contributed by atoms with Crippen LogP contribution < -0.4 is 10.6 Å². The summed E-state index contributed by atoms with van der Waals surface area (Å²) in [7, 11) is 0. The zero-order valence-corrected chi connectivity index (χ0v) is 9.82. The van der Waals surface area contributed by atoms with Crippen LogP contribution in [0.5, 0.6) is 0 Å². The molecule has 0 bridgehead atoms. The first-order valence-electron chi connectivity index (χ1n) is 5.76. The Bertz CT molecular complexity index is 268. The van der Waals surface area contributed by atoms with Gasteiger partial charge in [-0.3, -0.25) is 4.79 Å². The molecule has 2 unspecified atom stereocenters. The second-order valence-corrected chi connectivity index (χ2v) is 4.70. The van der Waals surface area contributed by atoms with Crippen molar-refractivity contribution < 1.29 is 14.7 Å². The predicted octanol–water partition coefficient (Wildman–Crippen LogP) is 1.19. The number of rotatable bonds is 4. The fourth-order valence-electron chi connectivity index (χ4n) is 2.06. The van der Waals surface area contributed by atoms with Crippen molar-refractivity contribution in [1.29, 1.82) is 0 Å². The van der Waals surface area contributed by atoms with E-state index in [4.69, 9.17) is 5.11 Å². The lowest BCUT2D eigenvalue weighted by molar-refractivity contribution is -0.138. The number of amides is 2. The molecular formula is C11H20N2O3. The molecule has 0 heterocycles. The van der Waals surface area contributed by atoms with Crippen LogP contribution in [0.15, 0.2) is 0 Å². The molecule has 16 heavy (non-hydrogen) atoms. The molecule has 1 rings (SSSR count). The van der Waals surface area contributed by atoms with Crippen LogP contribution in [0.2, 0.25) is 0 Å². The van der Waals surface area contributed by atoms with Crippen molar-refractivity contribution in [2.45, 2.75) is 39.2 Å². The van der Waals surface area contributed by atoms with Gasteiger partial charge in [0.05, 0.1) is 0 Å². The Morgan fingerprint density at radius 2 is 2.12 bits per heavy atom. The Morgan fingerprint density at radius 1 is 1.44 bits per heavy atom. The van der Waals surface area contributed by atoms with Crippen LogP contribution in [0.1, 0.15) is 33.1 Å². The predicted molar refractivity (Wildman–Crippen MR) is 60.1 cm³/mol. The van der Waals surface area contributed by atoms with Crippen molar-refractivity contribution in [2.24, 2.45) is 11.8 Å². The topological polar surface area (TPSA) is 78.4 Å². The quantitative estimate of drug-likeness (QED) is 0.676. The normalized spacial score (nSPS) is 26.1. The number of aliphatic carboxylic acids is 1. The summed E-state index contributed by atoms with van der Waals surface area (Å²) in [6, 6.07) is -1.24. The molecule has 3 atom stereocenters. The third-order valence-corrected chi connectivity index (χ3v) is 3.07. The highest BCUT2D eigenvalue weighted by molar-refractivity contribution is 5.82. The molecule has 92 valence electrons. The molecule has 1 saturated carbocycles. The summed E-state index contributed by atoms with van der Waals surface area (Å²) < 4.78 is 0. The van der Waals surface area contributed by atoms with Gasteiger partial charge < -0.3 is 15.7 Å². The highest BCUT2D eigenvalue weighted by Gasteiger charge is 2.22. The van der Waals surface area contributed by atoms with Gasteiger partial charge in [0.15, 0.2) is 0 Å². The van der Waals surface area contributed by atoms with Crippen molar-refractivity contribution in [3.63, 3.8) is 0 Å². The highest BCUT2D eigenvalue weighted by Crippen LogP contribution is 2.29. The standard InChI is InChI=1S/C11H20N2O3/c1-7-3-4-9(5-7)6-12-11(16)13-8(2)10(14)15/h7-9H,3-6H2,1-2H3,(H,14,15)(H2,12,13,16)/t7?,8-,9?/m0/s1. The van der Waals surface area contributed by atoms with E-state index >= 15 is 0 Å². The van der Waals surface area contributed by atoms with Crippen molar-refractivity contribution >= 4 is 12.0 Å². The van der Waals surface area contributed by atoms with Gasteiger partial charge in [0, 0.05) is 6.54 Å². The summed E-state index contributed by atoms with van der Waals surface area (Å²) >= 11 is 0. The first-order valence-corrected chi connectivity index (χ1v) is 5.76. The van der Waals surface area contributed by atoms with Crippen LogP contribution >= 0.6 is 0 Å². The molecule has 5 nitrogen and oxygen atoms in total. The summed E-state index contributed by atoms with van der Waals surface area (Å²) in [5.41, 5.74) is 0. The van der Waals surface area contributed by atoms with E-state index in [2.05, 4.69) is 17.6 Å². The fourth-order valence-corrected chi connectivity index (χ4v) is 2.06. The molecule has 0 saturated heterocycles. The number of urea groups is 1. The van der Waals surface area contributed by atoms with Gasteiger partial charge in [0.25, 0.3) is 0 Å². The number of carbonyl (C=O) groups excluding carboxylic acids is 1. The molecule has 1 aliphatic rings. The molecule has 3 N–H and O–H groups in total. The summed E-state index contributed by atoms with van der Waals surface area (Å²) in [5.74, 6) is 0.262. The maximum absolute atomic E-state index is 11.3. The molecule has 0 aromatic rings. The Morgan fingerprint density at radius 3 is 2.62 bits per heavy atom. The van der Waals surface area contributed by atoms with E-state index in [1.807, 2.05) is 0 Å². The van der Waals surface area contributed by atoms with E-state index in [0.29, 0.717) is 12.5 Å². The van der Waals surface area contributed by atoms with Gasteiger partial charge in [-0.1, -0.05) is 13.3 Å². The third kappa shape index (κ3) is 4.08. The van der Waals surface area contributed by atoms with Crippen LogP contribution in [0.4, 0.5) is 4.79 Å². The van der Waals surface area contributed by atoms with Gasteiger partial charge >= 0.3 is 12.0 Å². The molecule has 1 aliphatic carbocycles. The number of carbonyl (C=O) groups is 2. The minimum absolute atomic E-state index is 0.394. The van der Waals surface area contributed by atoms with E-state index in [9.17, 15) is 9.59 Å². The third-order valence-electron chi connectivity index (χ3n) is 3.07. The van der Waals surface area contributed by atoms with Crippen LogP contribution in [0.3, 0.4) is 0 Å². The van der Waals surface area contributed by atoms with E-state index in [1.54, 1.807) is 0 Å². The second-order valence-electron chi connectivity index (χ2n) is 4.70. The largest absolute Gasteiger partial charge is 0.480 e. The molecule has 1 fully saturated rings. The zero-order chi connectivity index (χ0) is 12.1. The Balaban J connectivity index is 2.17. The number of carboxylic acid groups (broad SMARTS) is 1. The average Bonchev–Trinajstić information content (AvgIpc) is 2.61. The first kappa shape index (κ1) is 12.8. The maximum atomic E-state index is 11.3. The van der Waals surface area contributed by atoms with E-state index in [0.717, 1.165) is 18.8 Å². The first-order chi connectivity index (χ1) is 7.49. The number of hydrogen-bond acceptors (Lipinski definition) is 2. The van der Waals surface area contributed by atoms with Gasteiger partial charge in [-0.2, -0.15) is 0 Å². The van der Waals surface area contributed by atoms with Gasteiger partial charge in [0.1, 0.15) is 6.04 Å². The van der Waals surface area contributed by atoms with Crippen molar-refractivity contribution in [1.82, 2.24) is 10.6 Å². The lowest BCUT2D eigenvalue weighted by Gasteiger charge is -2.13.